The molecule has 128 valence electrons. The first-order chi connectivity index (χ1) is 11.6. The van der Waals surface area contributed by atoms with Crippen LogP contribution in [0, 0.1) is 11.8 Å². The van der Waals surface area contributed by atoms with Crippen molar-refractivity contribution in [3.63, 3.8) is 0 Å². The Morgan fingerprint density at radius 2 is 1.92 bits per heavy atom. The zero-order chi connectivity index (χ0) is 17.1. The molecule has 2 heterocycles. The van der Waals surface area contributed by atoms with Crippen LogP contribution in [0.1, 0.15) is 37.2 Å². The first-order valence-corrected chi connectivity index (χ1v) is 8.49. The lowest BCUT2D eigenvalue weighted by molar-refractivity contribution is 0.0657. The van der Waals surface area contributed by atoms with Gasteiger partial charge in [-0.25, -0.2) is 0 Å². The first-order valence-electron chi connectivity index (χ1n) is 8.49. The number of rotatable bonds is 4. The summed E-state index contributed by atoms with van der Waals surface area (Å²) in [4.78, 5) is 14.5. The molecule has 0 bridgehead atoms. The molecule has 0 N–H and O–H groups in total. The number of ether oxygens (including phenoxy) is 1. The van der Waals surface area contributed by atoms with Crippen molar-refractivity contribution in [1.82, 2.24) is 10.1 Å². The number of hydrogen-bond donors (Lipinski definition) is 0. The third-order valence-corrected chi connectivity index (χ3v) is 4.87. The summed E-state index contributed by atoms with van der Waals surface area (Å²) in [7, 11) is 1.63. The van der Waals surface area contributed by atoms with Crippen LogP contribution in [0.2, 0.25) is 0 Å². The Balaban J connectivity index is 1.67. The van der Waals surface area contributed by atoms with Crippen LogP contribution in [0.25, 0.3) is 11.3 Å². The predicted octanol–water partition coefficient (Wildman–Crippen LogP) is 3.86. The van der Waals surface area contributed by atoms with E-state index in [1.165, 1.54) is 0 Å². The van der Waals surface area contributed by atoms with Gasteiger partial charge in [0.2, 0.25) is 0 Å². The minimum atomic E-state index is -0.0410. The summed E-state index contributed by atoms with van der Waals surface area (Å²) in [6.07, 6.45) is 2.12. The minimum Gasteiger partial charge on any atom is -0.497 e. The van der Waals surface area contributed by atoms with Gasteiger partial charge in [-0.05, 0) is 48.9 Å². The van der Waals surface area contributed by atoms with Crippen LogP contribution < -0.4 is 4.74 Å². The fourth-order valence-corrected chi connectivity index (χ4v) is 3.20. The van der Waals surface area contributed by atoms with Gasteiger partial charge in [-0.3, -0.25) is 4.79 Å². The number of likely N-dealkylation sites (tertiary alicyclic amines) is 1. The maximum atomic E-state index is 12.6. The second-order valence-electron chi connectivity index (χ2n) is 6.68. The van der Waals surface area contributed by atoms with Gasteiger partial charge in [0.1, 0.15) is 5.75 Å². The van der Waals surface area contributed by atoms with E-state index in [4.69, 9.17) is 9.26 Å². The molecule has 1 fully saturated rings. The Bertz CT molecular complexity index is 683. The second-order valence-corrected chi connectivity index (χ2v) is 6.68. The molecule has 1 saturated heterocycles. The third-order valence-electron chi connectivity index (χ3n) is 4.87. The molecule has 0 saturated carbocycles. The van der Waals surface area contributed by atoms with Gasteiger partial charge in [0, 0.05) is 24.7 Å². The average Bonchev–Trinajstić information content (AvgIpc) is 3.11. The fourth-order valence-electron chi connectivity index (χ4n) is 3.20. The molecule has 5 nitrogen and oxygen atoms in total. The van der Waals surface area contributed by atoms with Gasteiger partial charge in [-0.1, -0.05) is 19.0 Å². The summed E-state index contributed by atoms with van der Waals surface area (Å²) < 4.78 is 10.5. The van der Waals surface area contributed by atoms with Gasteiger partial charge >= 0.3 is 0 Å². The van der Waals surface area contributed by atoms with E-state index in [2.05, 4.69) is 19.0 Å². The van der Waals surface area contributed by atoms with Crippen molar-refractivity contribution in [2.24, 2.45) is 11.8 Å². The smallest absolute Gasteiger partial charge is 0.276 e. The zero-order valence-electron chi connectivity index (χ0n) is 14.5. The summed E-state index contributed by atoms with van der Waals surface area (Å²) in [5, 5.41) is 3.97. The molecule has 1 aromatic heterocycles. The van der Waals surface area contributed by atoms with Gasteiger partial charge in [-0.15, -0.1) is 0 Å². The summed E-state index contributed by atoms with van der Waals surface area (Å²) >= 11 is 0. The molecule has 0 radical (unpaired) electrons. The lowest BCUT2D eigenvalue weighted by Gasteiger charge is -2.33. The highest BCUT2D eigenvalue weighted by atomic mass is 16.5. The van der Waals surface area contributed by atoms with Crippen LogP contribution in [0.5, 0.6) is 5.75 Å². The largest absolute Gasteiger partial charge is 0.497 e. The first kappa shape index (κ1) is 16.6. The molecular formula is C19H24N2O3. The number of benzene rings is 1. The van der Waals surface area contributed by atoms with Gasteiger partial charge in [0.05, 0.1) is 7.11 Å². The van der Waals surface area contributed by atoms with E-state index in [0.717, 1.165) is 37.2 Å². The molecular weight excluding hydrogens is 304 g/mol. The van der Waals surface area contributed by atoms with Crippen LogP contribution >= 0.6 is 0 Å². The Hall–Kier alpha value is -2.30. The maximum absolute atomic E-state index is 12.6. The van der Waals surface area contributed by atoms with E-state index in [9.17, 15) is 4.79 Å². The molecule has 0 spiro atoms. The van der Waals surface area contributed by atoms with Gasteiger partial charge < -0.3 is 14.2 Å². The number of carbonyl (C=O) groups excluding carboxylic acids is 1. The quantitative estimate of drug-likeness (QED) is 0.855. The van der Waals surface area contributed by atoms with E-state index >= 15 is 0 Å². The van der Waals surface area contributed by atoms with Crippen LogP contribution in [-0.4, -0.2) is 36.2 Å². The van der Waals surface area contributed by atoms with Crippen LogP contribution in [0.4, 0.5) is 0 Å². The van der Waals surface area contributed by atoms with Crippen molar-refractivity contribution in [1.29, 1.82) is 0 Å². The minimum absolute atomic E-state index is 0.0410. The van der Waals surface area contributed by atoms with Gasteiger partial charge in [0.15, 0.2) is 11.5 Å². The number of methoxy groups -OCH3 is 1. The van der Waals surface area contributed by atoms with Crippen molar-refractivity contribution in [2.75, 3.05) is 20.2 Å². The normalized spacial score (nSPS) is 15.8. The molecule has 24 heavy (non-hydrogen) atoms. The summed E-state index contributed by atoms with van der Waals surface area (Å²) in [6.45, 7) is 6.10. The van der Waals surface area contributed by atoms with Crippen molar-refractivity contribution in [2.45, 2.75) is 26.7 Å². The standard InChI is InChI=1S/C19H24N2O3/c1-13(2)14-8-10-21(11-9-14)19(22)17-12-18(24-20-17)15-4-6-16(23-3)7-5-15/h4-7,12-14H,8-11H2,1-3H3. The lowest BCUT2D eigenvalue weighted by Crippen LogP contribution is -2.39. The Labute approximate surface area is 142 Å². The topological polar surface area (TPSA) is 55.6 Å². The zero-order valence-corrected chi connectivity index (χ0v) is 14.5. The van der Waals surface area contributed by atoms with E-state index in [1.807, 2.05) is 29.2 Å². The Kier molecular flexibility index (Phi) is 4.88. The van der Waals surface area contributed by atoms with Crippen molar-refractivity contribution in [3.05, 3.63) is 36.0 Å². The molecule has 1 aliphatic heterocycles. The van der Waals surface area contributed by atoms with Crippen LogP contribution in [0.3, 0.4) is 0 Å². The van der Waals surface area contributed by atoms with Crippen LogP contribution in [-0.2, 0) is 0 Å². The lowest BCUT2D eigenvalue weighted by atomic mass is 9.86. The Morgan fingerprint density at radius 1 is 1.25 bits per heavy atom. The maximum Gasteiger partial charge on any atom is 0.276 e. The number of amides is 1. The highest BCUT2D eigenvalue weighted by molar-refractivity contribution is 5.93. The molecule has 0 unspecified atom stereocenters. The monoisotopic (exact) mass is 328 g/mol. The highest BCUT2D eigenvalue weighted by Gasteiger charge is 2.27. The number of piperidine rings is 1. The number of nitrogens with zero attached hydrogens (tertiary/aromatic N) is 2. The fraction of sp³-hybridized carbons (Fsp3) is 0.474. The predicted molar refractivity (Wildman–Crippen MR) is 92.0 cm³/mol. The van der Waals surface area contributed by atoms with E-state index in [0.29, 0.717) is 23.3 Å². The van der Waals surface area contributed by atoms with Crippen molar-refractivity contribution in [3.8, 4) is 17.1 Å². The number of carbonyl (C=O) groups is 1. The molecule has 1 aromatic carbocycles. The third kappa shape index (κ3) is 3.45. The van der Waals surface area contributed by atoms with Gasteiger partial charge in [0.25, 0.3) is 5.91 Å². The van der Waals surface area contributed by atoms with E-state index in [-0.39, 0.29) is 5.91 Å². The summed E-state index contributed by atoms with van der Waals surface area (Å²) in [5.74, 6) is 2.72. The number of aromatic nitrogens is 1. The molecule has 1 aliphatic rings. The Morgan fingerprint density at radius 3 is 2.50 bits per heavy atom. The molecule has 5 heteroatoms. The SMILES string of the molecule is COc1ccc(-c2cc(C(=O)N3CCC(C(C)C)CC3)no2)cc1. The van der Waals surface area contributed by atoms with Crippen LogP contribution in [0.15, 0.2) is 34.9 Å². The van der Waals surface area contributed by atoms with Gasteiger partial charge in [-0.2, -0.15) is 0 Å². The van der Waals surface area contributed by atoms with E-state index < -0.39 is 0 Å². The molecule has 1 amide bonds. The second kappa shape index (κ2) is 7.07. The van der Waals surface area contributed by atoms with E-state index in [1.54, 1.807) is 13.2 Å². The van der Waals surface area contributed by atoms with Crippen molar-refractivity contribution < 1.29 is 14.1 Å². The average molecular weight is 328 g/mol. The molecule has 2 aromatic rings. The molecule has 3 rings (SSSR count). The molecule has 0 atom stereocenters. The summed E-state index contributed by atoms with van der Waals surface area (Å²) in [5.41, 5.74) is 1.25. The highest BCUT2D eigenvalue weighted by Crippen LogP contribution is 2.27. The number of hydrogen-bond acceptors (Lipinski definition) is 4. The van der Waals surface area contributed by atoms with Crippen molar-refractivity contribution >= 4 is 5.91 Å². The summed E-state index contributed by atoms with van der Waals surface area (Å²) in [6, 6.07) is 9.22. The molecule has 0 aliphatic carbocycles.